The Kier molecular flexibility index (Phi) is 4.59. The van der Waals surface area contributed by atoms with Crippen molar-refractivity contribution in [3.8, 4) is 0 Å². The molecule has 0 radical (unpaired) electrons. The summed E-state index contributed by atoms with van der Waals surface area (Å²) in [7, 11) is 0. The van der Waals surface area contributed by atoms with Crippen LogP contribution in [0, 0.1) is 20.8 Å². The number of urea groups is 1. The molecule has 1 heterocycles. The van der Waals surface area contributed by atoms with Gasteiger partial charge in [-0.05, 0) is 56.2 Å². The van der Waals surface area contributed by atoms with E-state index in [9.17, 15) is 9.59 Å². The lowest BCUT2D eigenvalue weighted by molar-refractivity contribution is -0.119. The van der Waals surface area contributed by atoms with Crippen LogP contribution in [0.4, 0.5) is 10.5 Å². The second-order valence-corrected chi connectivity index (χ2v) is 6.93. The molecule has 3 rings (SSSR count). The van der Waals surface area contributed by atoms with E-state index < -0.39 is 6.03 Å². The predicted molar refractivity (Wildman–Crippen MR) is 95.2 cm³/mol. The van der Waals surface area contributed by atoms with Crippen LogP contribution in [0.3, 0.4) is 0 Å². The molecule has 1 fully saturated rings. The van der Waals surface area contributed by atoms with Gasteiger partial charge in [0.05, 0.1) is 12.2 Å². The van der Waals surface area contributed by atoms with E-state index in [0.717, 1.165) is 16.8 Å². The maximum Gasteiger partial charge on any atom is 0.343 e. The number of benzene rings is 2. The van der Waals surface area contributed by atoms with Gasteiger partial charge in [-0.25, -0.2) is 15.2 Å². The molecular weight excluding hydrogens is 322 g/mol. The molecule has 0 atom stereocenters. The number of hydrogen-bond acceptors (Lipinski definition) is 4. The SMILES string of the molecule is Cc1ccc(Sc2c(C)cc(N3NCC(=O)NC3=O)cc2C)cc1. The molecular formula is C18H19N3O2S. The van der Waals surface area contributed by atoms with Crippen LogP contribution < -0.4 is 15.8 Å². The molecule has 2 N–H and O–H groups in total. The number of amides is 3. The number of hydrazine groups is 1. The van der Waals surface area contributed by atoms with Crippen molar-refractivity contribution in [1.82, 2.24) is 10.7 Å². The van der Waals surface area contributed by atoms with Gasteiger partial charge in [0.15, 0.2) is 0 Å². The van der Waals surface area contributed by atoms with Crippen LogP contribution in [-0.4, -0.2) is 18.5 Å². The van der Waals surface area contributed by atoms with Crippen LogP contribution in [0.1, 0.15) is 16.7 Å². The molecule has 0 spiro atoms. The molecule has 2 aromatic carbocycles. The first-order chi connectivity index (χ1) is 11.4. The predicted octanol–water partition coefficient (Wildman–Crippen LogP) is 3.32. The van der Waals surface area contributed by atoms with Crippen molar-refractivity contribution in [2.24, 2.45) is 0 Å². The second kappa shape index (κ2) is 6.67. The highest BCUT2D eigenvalue weighted by molar-refractivity contribution is 7.99. The molecule has 3 amide bonds. The average molecular weight is 341 g/mol. The highest BCUT2D eigenvalue weighted by atomic mass is 32.2. The van der Waals surface area contributed by atoms with E-state index in [1.165, 1.54) is 20.4 Å². The number of aryl methyl sites for hydroxylation is 3. The molecule has 0 unspecified atom stereocenters. The summed E-state index contributed by atoms with van der Waals surface area (Å²) in [6, 6.07) is 11.9. The summed E-state index contributed by atoms with van der Waals surface area (Å²) in [4.78, 5) is 25.6. The third kappa shape index (κ3) is 3.44. The molecule has 0 aliphatic carbocycles. The van der Waals surface area contributed by atoms with E-state index in [2.05, 4.69) is 41.9 Å². The Morgan fingerprint density at radius 1 is 1.00 bits per heavy atom. The van der Waals surface area contributed by atoms with Gasteiger partial charge in [-0.2, -0.15) is 0 Å². The number of anilines is 1. The quantitative estimate of drug-likeness (QED) is 0.899. The minimum absolute atomic E-state index is 0.0870. The minimum Gasteiger partial charge on any atom is -0.275 e. The first kappa shape index (κ1) is 16.5. The molecule has 0 bridgehead atoms. The largest absolute Gasteiger partial charge is 0.343 e. The lowest BCUT2D eigenvalue weighted by Crippen LogP contribution is -2.59. The molecule has 124 valence electrons. The summed E-state index contributed by atoms with van der Waals surface area (Å²) < 4.78 is 0. The zero-order chi connectivity index (χ0) is 17.3. The Morgan fingerprint density at radius 3 is 2.21 bits per heavy atom. The zero-order valence-corrected chi connectivity index (χ0v) is 14.7. The summed E-state index contributed by atoms with van der Waals surface area (Å²) in [5.74, 6) is -0.323. The van der Waals surface area contributed by atoms with Gasteiger partial charge in [0.1, 0.15) is 0 Å². The lowest BCUT2D eigenvalue weighted by Gasteiger charge is -2.28. The summed E-state index contributed by atoms with van der Waals surface area (Å²) in [5, 5.41) is 3.68. The fourth-order valence-electron chi connectivity index (χ4n) is 2.59. The smallest absolute Gasteiger partial charge is 0.275 e. The van der Waals surface area contributed by atoms with Crippen LogP contribution >= 0.6 is 11.8 Å². The molecule has 1 saturated heterocycles. The zero-order valence-electron chi connectivity index (χ0n) is 13.8. The van der Waals surface area contributed by atoms with Crippen LogP contribution in [-0.2, 0) is 4.79 Å². The van der Waals surface area contributed by atoms with Crippen LogP contribution in [0.5, 0.6) is 0 Å². The third-order valence-corrected chi connectivity index (χ3v) is 5.15. The van der Waals surface area contributed by atoms with Gasteiger partial charge in [0.25, 0.3) is 0 Å². The van der Waals surface area contributed by atoms with E-state index >= 15 is 0 Å². The van der Waals surface area contributed by atoms with Crippen molar-refractivity contribution in [2.75, 3.05) is 11.6 Å². The fraction of sp³-hybridized carbons (Fsp3) is 0.222. The lowest BCUT2D eigenvalue weighted by atomic mass is 10.1. The van der Waals surface area contributed by atoms with Crippen molar-refractivity contribution < 1.29 is 9.59 Å². The van der Waals surface area contributed by atoms with E-state index in [4.69, 9.17) is 0 Å². The molecule has 6 heteroatoms. The van der Waals surface area contributed by atoms with E-state index in [-0.39, 0.29) is 12.5 Å². The van der Waals surface area contributed by atoms with Gasteiger partial charge in [0, 0.05) is 9.79 Å². The Morgan fingerprint density at radius 2 is 1.62 bits per heavy atom. The fourth-order valence-corrected chi connectivity index (χ4v) is 3.54. The van der Waals surface area contributed by atoms with Crippen LogP contribution in [0.25, 0.3) is 0 Å². The third-order valence-electron chi connectivity index (χ3n) is 3.79. The van der Waals surface area contributed by atoms with Gasteiger partial charge in [-0.3, -0.25) is 10.1 Å². The number of carbonyl (C=O) groups is 2. The van der Waals surface area contributed by atoms with Gasteiger partial charge in [0.2, 0.25) is 5.91 Å². The van der Waals surface area contributed by atoms with Crippen LogP contribution in [0.15, 0.2) is 46.2 Å². The van der Waals surface area contributed by atoms with Gasteiger partial charge in [-0.1, -0.05) is 29.5 Å². The van der Waals surface area contributed by atoms with Gasteiger partial charge >= 0.3 is 6.03 Å². The van der Waals surface area contributed by atoms with Crippen molar-refractivity contribution >= 4 is 29.4 Å². The summed E-state index contributed by atoms with van der Waals surface area (Å²) in [6.45, 7) is 6.21. The van der Waals surface area contributed by atoms with Gasteiger partial charge in [-0.15, -0.1) is 0 Å². The maximum absolute atomic E-state index is 12.0. The molecule has 0 saturated carbocycles. The Labute approximate surface area is 145 Å². The standard InChI is InChI=1S/C18H19N3O2S/c1-11-4-6-15(7-5-11)24-17-12(2)8-14(9-13(17)3)21-18(23)20-16(22)10-19-21/h4-9,19H,10H2,1-3H3,(H,20,22,23). The Bertz CT molecular complexity index is 779. The second-order valence-electron chi connectivity index (χ2n) is 5.85. The molecule has 1 aliphatic rings. The molecule has 0 aromatic heterocycles. The van der Waals surface area contributed by atoms with E-state index in [1.807, 2.05) is 26.0 Å². The highest BCUT2D eigenvalue weighted by Gasteiger charge is 2.24. The number of nitrogens with one attached hydrogen (secondary N) is 2. The summed E-state index contributed by atoms with van der Waals surface area (Å²) in [6.07, 6.45) is 0. The Hall–Kier alpha value is -2.31. The molecule has 24 heavy (non-hydrogen) atoms. The molecule has 2 aromatic rings. The van der Waals surface area contributed by atoms with Crippen molar-refractivity contribution in [3.63, 3.8) is 0 Å². The summed E-state index contributed by atoms with van der Waals surface area (Å²) >= 11 is 1.71. The number of rotatable bonds is 3. The first-order valence-corrected chi connectivity index (χ1v) is 8.49. The highest BCUT2D eigenvalue weighted by Crippen LogP contribution is 2.35. The monoisotopic (exact) mass is 341 g/mol. The number of nitrogens with zero attached hydrogens (tertiary/aromatic N) is 1. The van der Waals surface area contributed by atoms with Crippen LogP contribution in [0.2, 0.25) is 0 Å². The van der Waals surface area contributed by atoms with E-state index in [1.54, 1.807) is 11.8 Å². The molecule has 1 aliphatic heterocycles. The summed E-state index contributed by atoms with van der Waals surface area (Å²) in [5.41, 5.74) is 6.96. The van der Waals surface area contributed by atoms with Crippen molar-refractivity contribution in [3.05, 3.63) is 53.1 Å². The number of hydrogen-bond donors (Lipinski definition) is 2. The number of imide groups is 1. The normalized spacial score (nSPS) is 14.7. The van der Waals surface area contributed by atoms with Crippen molar-refractivity contribution in [1.29, 1.82) is 0 Å². The number of carbonyl (C=O) groups excluding carboxylic acids is 2. The molecule has 5 nitrogen and oxygen atoms in total. The van der Waals surface area contributed by atoms with Crippen molar-refractivity contribution in [2.45, 2.75) is 30.6 Å². The maximum atomic E-state index is 12.0. The topological polar surface area (TPSA) is 61.4 Å². The minimum atomic E-state index is -0.455. The Balaban J connectivity index is 1.87. The van der Waals surface area contributed by atoms with E-state index in [0.29, 0.717) is 0 Å². The van der Waals surface area contributed by atoms with Gasteiger partial charge < -0.3 is 0 Å². The first-order valence-electron chi connectivity index (χ1n) is 7.67. The average Bonchev–Trinajstić information content (AvgIpc) is 2.52.